The maximum absolute atomic E-state index is 2.42. The summed E-state index contributed by atoms with van der Waals surface area (Å²) < 4.78 is 0. The highest BCUT2D eigenvalue weighted by Gasteiger charge is 2.39. The van der Waals surface area contributed by atoms with Gasteiger partial charge in [0, 0.05) is 0 Å². The van der Waals surface area contributed by atoms with Crippen molar-refractivity contribution >= 4 is 22.9 Å². The molecule has 0 aromatic heterocycles. The van der Waals surface area contributed by atoms with Crippen molar-refractivity contribution in [3.05, 3.63) is 58.7 Å². The highest BCUT2D eigenvalue weighted by Crippen LogP contribution is 2.53. The summed E-state index contributed by atoms with van der Waals surface area (Å²) in [4.78, 5) is 0. The van der Waals surface area contributed by atoms with Crippen molar-refractivity contribution in [2.45, 2.75) is 25.2 Å². The lowest BCUT2D eigenvalue weighted by Crippen LogP contribution is -1.98. The van der Waals surface area contributed by atoms with Crippen molar-refractivity contribution in [3.8, 4) is 0 Å². The van der Waals surface area contributed by atoms with Gasteiger partial charge in [0.15, 0.2) is 0 Å². The Bertz CT molecular complexity index is 761. The summed E-state index contributed by atoms with van der Waals surface area (Å²) in [5.41, 5.74) is 6.04. The van der Waals surface area contributed by atoms with E-state index < -0.39 is 0 Å². The lowest BCUT2D eigenvalue weighted by Gasteiger charge is -2.18. The summed E-state index contributed by atoms with van der Waals surface area (Å²) >= 11 is 0. The van der Waals surface area contributed by atoms with Crippen molar-refractivity contribution in [2.24, 2.45) is 5.92 Å². The topological polar surface area (TPSA) is 0 Å². The van der Waals surface area contributed by atoms with Gasteiger partial charge < -0.3 is 0 Å². The zero-order chi connectivity index (χ0) is 12.4. The third-order valence-corrected chi connectivity index (χ3v) is 5.02. The van der Waals surface area contributed by atoms with Gasteiger partial charge >= 0.3 is 0 Å². The van der Waals surface area contributed by atoms with Crippen LogP contribution in [-0.2, 0) is 6.42 Å². The van der Waals surface area contributed by atoms with Crippen LogP contribution in [0.4, 0.5) is 0 Å². The van der Waals surface area contributed by atoms with Gasteiger partial charge in [-0.1, -0.05) is 48.6 Å². The second-order valence-corrected chi connectivity index (χ2v) is 6.11. The highest BCUT2D eigenvalue weighted by atomic mass is 14.4. The van der Waals surface area contributed by atoms with Gasteiger partial charge in [-0.2, -0.15) is 0 Å². The molecule has 19 heavy (non-hydrogen) atoms. The van der Waals surface area contributed by atoms with E-state index in [9.17, 15) is 0 Å². The van der Waals surface area contributed by atoms with Crippen molar-refractivity contribution < 1.29 is 0 Å². The molecule has 1 fully saturated rings. The Morgan fingerprint density at radius 3 is 2.79 bits per heavy atom. The Morgan fingerprint density at radius 1 is 0.895 bits per heavy atom. The first kappa shape index (κ1) is 10.0. The van der Waals surface area contributed by atoms with E-state index in [1.807, 2.05) is 0 Å². The lowest BCUT2D eigenvalue weighted by atomic mass is 9.87. The van der Waals surface area contributed by atoms with Crippen LogP contribution in [-0.4, -0.2) is 0 Å². The highest BCUT2D eigenvalue weighted by molar-refractivity contribution is 5.99. The van der Waals surface area contributed by atoms with Crippen LogP contribution in [0, 0.1) is 5.92 Å². The molecule has 0 spiro atoms. The van der Waals surface area contributed by atoms with E-state index in [4.69, 9.17) is 0 Å². The molecule has 0 bridgehead atoms. The molecule has 0 heterocycles. The Kier molecular flexibility index (Phi) is 1.79. The Labute approximate surface area is 113 Å². The van der Waals surface area contributed by atoms with Crippen LogP contribution in [0.5, 0.6) is 0 Å². The van der Waals surface area contributed by atoms with Gasteiger partial charge in [0.05, 0.1) is 0 Å². The van der Waals surface area contributed by atoms with E-state index in [2.05, 4.69) is 48.6 Å². The van der Waals surface area contributed by atoms with Crippen LogP contribution >= 0.6 is 0 Å². The molecule has 92 valence electrons. The lowest BCUT2D eigenvalue weighted by molar-refractivity contribution is 0.987. The summed E-state index contributed by atoms with van der Waals surface area (Å²) in [5, 5.41) is 2.89. The van der Waals surface area contributed by atoms with E-state index in [-0.39, 0.29) is 0 Å². The predicted octanol–water partition coefficient (Wildman–Crippen LogP) is 4.93. The molecule has 3 aliphatic carbocycles. The number of fused-ring (bicyclic) bond motifs is 7. The summed E-state index contributed by atoms with van der Waals surface area (Å²) in [6.45, 7) is 0. The van der Waals surface area contributed by atoms with Gasteiger partial charge in [-0.05, 0) is 64.1 Å². The van der Waals surface area contributed by atoms with Gasteiger partial charge in [-0.15, -0.1) is 0 Å². The number of aryl methyl sites for hydroxylation is 1. The second kappa shape index (κ2) is 3.39. The van der Waals surface area contributed by atoms with Crippen molar-refractivity contribution in [3.63, 3.8) is 0 Å². The van der Waals surface area contributed by atoms with Crippen LogP contribution < -0.4 is 0 Å². The van der Waals surface area contributed by atoms with Crippen LogP contribution in [0.15, 0.2) is 36.4 Å². The molecule has 0 nitrogen and oxygen atoms in total. The third-order valence-electron chi connectivity index (χ3n) is 5.02. The maximum Gasteiger partial charge on any atom is -0.00867 e. The summed E-state index contributed by atoms with van der Waals surface area (Å²) in [7, 11) is 0. The van der Waals surface area contributed by atoms with E-state index in [1.165, 1.54) is 46.7 Å². The van der Waals surface area contributed by atoms with Crippen LogP contribution in [0.25, 0.3) is 22.9 Å². The van der Waals surface area contributed by atoms with Gasteiger partial charge in [-0.25, -0.2) is 0 Å². The zero-order valence-corrected chi connectivity index (χ0v) is 10.9. The van der Waals surface area contributed by atoms with Crippen molar-refractivity contribution in [1.29, 1.82) is 0 Å². The Morgan fingerprint density at radius 2 is 1.79 bits per heavy atom. The molecule has 1 saturated carbocycles. The van der Waals surface area contributed by atoms with E-state index in [0.717, 1.165) is 11.8 Å². The first-order valence-corrected chi connectivity index (χ1v) is 7.35. The molecule has 3 aliphatic rings. The largest absolute Gasteiger partial charge is 0.0836 e. The van der Waals surface area contributed by atoms with Gasteiger partial charge in [0.25, 0.3) is 0 Å². The zero-order valence-electron chi connectivity index (χ0n) is 10.9. The molecular weight excluding hydrogens is 228 g/mol. The summed E-state index contributed by atoms with van der Waals surface area (Å²) in [6, 6.07) is 9.43. The quantitative estimate of drug-likeness (QED) is 0.616. The molecular formula is C19H16. The van der Waals surface area contributed by atoms with Crippen LogP contribution in [0.3, 0.4) is 0 Å². The maximum atomic E-state index is 2.42. The molecule has 0 radical (unpaired) electrons. The smallest absolute Gasteiger partial charge is 0.00867 e. The van der Waals surface area contributed by atoms with Crippen LogP contribution in [0.2, 0.25) is 0 Å². The van der Waals surface area contributed by atoms with Gasteiger partial charge in [-0.3, -0.25) is 0 Å². The molecule has 2 aromatic carbocycles. The summed E-state index contributed by atoms with van der Waals surface area (Å²) in [6.07, 6.45) is 13.2. The standard InChI is InChI=1S/C19H16/c1-2-4-14-12(3-1)5-7-16-15(14)9-10-18-17(16)8-6-13-11-19(13)18/h2,4-10,13,19H,1,3,11H2. The van der Waals surface area contributed by atoms with Crippen molar-refractivity contribution in [2.75, 3.05) is 0 Å². The van der Waals surface area contributed by atoms with Crippen molar-refractivity contribution in [1.82, 2.24) is 0 Å². The molecule has 5 rings (SSSR count). The normalized spacial score (nSPS) is 25.9. The molecule has 2 unspecified atom stereocenters. The van der Waals surface area contributed by atoms with E-state index in [0.29, 0.717) is 0 Å². The summed E-state index contributed by atoms with van der Waals surface area (Å²) in [5.74, 6) is 1.65. The Hall–Kier alpha value is -1.82. The van der Waals surface area contributed by atoms with E-state index >= 15 is 0 Å². The first-order valence-electron chi connectivity index (χ1n) is 7.35. The molecule has 0 aliphatic heterocycles. The fraction of sp³-hybridized carbons (Fsp3) is 0.263. The number of hydrogen-bond donors (Lipinski definition) is 0. The average molecular weight is 244 g/mol. The predicted molar refractivity (Wildman–Crippen MR) is 81.2 cm³/mol. The first-order chi connectivity index (χ1) is 9.42. The molecule has 0 saturated heterocycles. The number of benzene rings is 2. The second-order valence-electron chi connectivity index (χ2n) is 6.11. The molecule has 0 N–H and O–H groups in total. The third kappa shape index (κ3) is 1.29. The SMILES string of the molecule is C1=Cc2c(ccc3c4c(ccc23)C2CC2C=C4)CC1. The molecule has 0 amide bonds. The van der Waals surface area contributed by atoms with Gasteiger partial charge in [0.1, 0.15) is 0 Å². The van der Waals surface area contributed by atoms with E-state index in [1.54, 1.807) is 5.56 Å². The minimum absolute atomic E-state index is 0.816. The number of hydrogen-bond acceptors (Lipinski definition) is 0. The van der Waals surface area contributed by atoms with Gasteiger partial charge in [0.2, 0.25) is 0 Å². The molecule has 0 heteroatoms. The van der Waals surface area contributed by atoms with Crippen LogP contribution in [0.1, 0.15) is 41.0 Å². The minimum atomic E-state index is 0.816. The number of rotatable bonds is 0. The fourth-order valence-electron chi connectivity index (χ4n) is 3.88. The average Bonchev–Trinajstić information content (AvgIpc) is 3.26. The monoisotopic (exact) mass is 244 g/mol. The number of allylic oxidation sites excluding steroid dienone is 2. The fourth-order valence-corrected chi connectivity index (χ4v) is 3.88. The minimum Gasteiger partial charge on any atom is -0.0836 e. The Balaban J connectivity index is 1.87. The molecule has 2 atom stereocenters. The molecule has 2 aromatic rings.